The zero-order valence-corrected chi connectivity index (χ0v) is 15.6. The fourth-order valence-electron chi connectivity index (χ4n) is 2.18. The molecule has 0 radical (unpaired) electrons. The van der Waals surface area contributed by atoms with Crippen molar-refractivity contribution < 1.29 is 28.5 Å². The van der Waals surface area contributed by atoms with Crippen LogP contribution in [0.2, 0.25) is 0 Å². The number of benzene rings is 1. The van der Waals surface area contributed by atoms with Gasteiger partial charge in [0.1, 0.15) is 22.6 Å². The number of nitrogens with two attached hydrogens (primary N) is 1. The number of anilines is 1. The van der Waals surface area contributed by atoms with Crippen LogP contribution < -0.4 is 15.2 Å². The van der Waals surface area contributed by atoms with E-state index in [2.05, 4.69) is 0 Å². The van der Waals surface area contributed by atoms with Gasteiger partial charge in [0.2, 0.25) is 0 Å². The van der Waals surface area contributed by atoms with Gasteiger partial charge >= 0.3 is 11.9 Å². The van der Waals surface area contributed by atoms with Crippen LogP contribution in [0.5, 0.6) is 11.5 Å². The van der Waals surface area contributed by atoms with Gasteiger partial charge in [-0.2, -0.15) is 5.26 Å². The molecule has 0 fully saturated rings. The molecule has 27 heavy (non-hydrogen) atoms. The fraction of sp³-hybridized carbons (Fsp3) is 0.278. The number of methoxy groups -OCH3 is 1. The number of hydrogen-bond acceptors (Lipinski definition) is 9. The third-order valence-corrected chi connectivity index (χ3v) is 4.44. The van der Waals surface area contributed by atoms with E-state index in [4.69, 9.17) is 24.7 Å². The summed E-state index contributed by atoms with van der Waals surface area (Å²) in [5.74, 6) is -0.426. The van der Waals surface area contributed by atoms with Crippen molar-refractivity contribution in [1.82, 2.24) is 0 Å². The molecule has 1 aromatic carbocycles. The molecule has 0 saturated carbocycles. The molecule has 9 heteroatoms. The summed E-state index contributed by atoms with van der Waals surface area (Å²) in [5, 5.41) is 9.41. The van der Waals surface area contributed by atoms with Gasteiger partial charge < -0.3 is 24.7 Å². The van der Waals surface area contributed by atoms with Crippen molar-refractivity contribution in [3.63, 3.8) is 0 Å². The van der Waals surface area contributed by atoms with Crippen molar-refractivity contribution in [1.29, 1.82) is 5.26 Å². The molecule has 8 nitrogen and oxygen atoms in total. The van der Waals surface area contributed by atoms with Gasteiger partial charge in [0.15, 0.2) is 18.1 Å². The smallest absolute Gasteiger partial charge is 0.348 e. The lowest BCUT2D eigenvalue weighted by molar-refractivity contribution is -0.147. The van der Waals surface area contributed by atoms with E-state index in [0.29, 0.717) is 11.5 Å². The molecule has 0 amide bonds. The third kappa shape index (κ3) is 4.89. The number of nitrogens with zero attached hydrogens (tertiary/aromatic N) is 1. The Bertz CT molecular complexity index is 871. The average Bonchev–Trinajstić information content (AvgIpc) is 3.00. The summed E-state index contributed by atoms with van der Waals surface area (Å²) in [4.78, 5) is 24.1. The van der Waals surface area contributed by atoms with Crippen molar-refractivity contribution in [3.05, 3.63) is 40.3 Å². The summed E-state index contributed by atoms with van der Waals surface area (Å²) in [6, 6.07) is 8.77. The second-order valence-corrected chi connectivity index (χ2v) is 6.13. The maximum Gasteiger partial charge on any atom is 0.348 e. The number of ether oxygens (including phenoxy) is 4. The van der Waals surface area contributed by atoms with Crippen molar-refractivity contribution in [2.24, 2.45) is 0 Å². The van der Waals surface area contributed by atoms with Gasteiger partial charge in [-0.1, -0.05) is 12.1 Å². The quantitative estimate of drug-likeness (QED) is 0.683. The van der Waals surface area contributed by atoms with Gasteiger partial charge in [0.05, 0.1) is 19.3 Å². The topological polar surface area (TPSA) is 121 Å². The molecule has 0 unspecified atom stereocenters. The van der Waals surface area contributed by atoms with Crippen LogP contribution in [-0.2, 0) is 20.9 Å². The van der Waals surface area contributed by atoms with Gasteiger partial charge in [0, 0.05) is 5.56 Å². The Balaban J connectivity index is 2.04. The van der Waals surface area contributed by atoms with Gasteiger partial charge in [-0.05, 0) is 19.1 Å². The summed E-state index contributed by atoms with van der Waals surface area (Å²) < 4.78 is 20.6. The minimum atomic E-state index is -0.677. The molecule has 0 spiro atoms. The Morgan fingerprint density at radius 2 is 1.93 bits per heavy atom. The SMILES string of the molecule is CCOC(=O)c1sc(N)c(C#N)c1COC(=O)COc1ccccc1OC. The lowest BCUT2D eigenvalue weighted by Gasteiger charge is -2.10. The zero-order chi connectivity index (χ0) is 19.8. The highest BCUT2D eigenvalue weighted by Crippen LogP contribution is 2.32. The van der Waals surface area contributed by atoms with Crippen LogP contribution in [0.15, 0.2) is 24.3 Å². The Kier molecular flexibility index (Phi) is 7.02. The number of rotatable bonds is 8. The largest absolute Gasteiger partial charge is 0.493 e. The van der Waals surface area contributed by atoms with Gasteiger partial charge in [-0.25, -0.2) is 9.59 Å². The number of esters is 2. The first-order chi connectivity index (χ1) is 13.0. The highest BCUT2D eigenvalue weighted by Gasteiger charge is 2.24. The Hall–Kier alpha value is -3.25. The molecule has 1 heterocycles. The van der Waals surface area contributed by atoms with E-state index in [1.165, 1.54) is 7.11 Å². The lowest BCUT2D eigenvalue weighted by atomic mass is 10.1. The third-order valence-electron chi connectivity index (χ3n) is 3.40. The Morgan fingerprint density at radius 3 is 2.56 bits per heavy atom. The summed E-state index contributed by atoms with van der Waals surface area (Å²) >= 11 is 0.922. The van der Waals surface area contributed by atoms with E-state index in [9.17, 15) is 14.9 Å². The number of nitrogen functional groups attached to an aromatic ring is 1. The Labute approximate surface area is 160 Å². The van der Waals surface area contributed by atoms with E-state index in [1.807, 2.05) is 6.07 Å². The van der Waals surface area contributed by atoms with E-state index in [1.54, 1.807) is 31.2 Å². The molecular formula is C18H18N2O6S. The van der Waals surface area contributed by atoms with Crippen molar-refractivity contribution in [2.45, 2.75) is 13.5 Å². The van der Waals surface area contributed by atoms with Crippen molar-refractivity contribution in [3.8, 4) is 17.6 Å². The van der Waals surface area contributed by atoms with Gasteiger partial charge in [0.25, 0.3) is 0 Å². The van der Waals surface area contributed by atoms with Crippen LogP contribution in [0.25, 0.3) is 0 Å². The van der Waals surface area contributed by atoms with E-state index >= 15 is 0 Å². The predicted octanol–water partition coefficient (Wildman–Crippen LogP) is 2.51. The second-order valence-electron chi connectivity index (χ2n) is 5.08. The van der Waals surface area contributed by atoms with E-state index < -0.39 is 11.9 Å². The van der Waals surface area contributed by atoms with Crippen molar-refractivity contribution >= 4 is 28.3 Å². The summed E-state index contributed by atoms with van der Waals surface area (Å²) in [6.07, 6.45) is 0. The molecule has 2 rings (SSSR count). The molecule has 2 aromatic rings. The number of para-hydroxylation sites is 2. The molecule has 0 bridgehead atoms. The van der Waals surface area contributed by atoms with Crippen LogP contribution >= 0.6 is 11.3 Å². The number of hydrogen-bond donors (Lipinski definition) is 1. The molecule has 0 atom stereocenters. The van der Waals surface area contributed by atoms with Crippen LogP contribution in [0.1, 0.15) is 27.7 Å². The standard InChI is InChI=1S/C18H18N2O6S/c1-3-24-18(22)16-12(11(8-19)17(20)27-16)9-26-15(21)10-25-14-7-5-4-6-13(14)23-2/h4-7H,3,9-10,20H2,1-2H3. The molecule has 0 aliphatic carbocycles. The molecular weight excluding hydrogens is 372 g/mol. The summed E-state index contributed by atoms with van der Waals surface area (Å²) in [7, 11) is 1.49. The van der Waals surface area contributed by atoms with Crippen LogP contribution in [0.3, 0.4) is 0 Å². The highest BCUT2D eigenvalue weighted by molar-refractivity contribution is 7.18. The highest BCUT2D eigenvalue weighted by atomic mass is 32.1. The van der Waals surface area contributed by atoms with E-state index in [0.717, 1.165) is 11.3 Å². The number of carbonyl (C=O) groups excluding carboxylic acids is 2. The second kappa shape index (κ2) is 9.45. The van der Waals surface area contributed by atoms with E-state index in [-0.39, 0.29) is 40.8 Å². The van der Waals surface area contributed by atoms with Gasteiger partial charge in [-0.3, -0.25) is 0 Å². The number of thiophene rings is 1. The molecule has 2 N–H and O–H groups in total. The average molecular weight is 390 g/mol. The van der Waals surface area contributed by atoms with Gasteiger partial charge in [-0.15, -0.1) is 11.3 Å². The minimum absolute atomic E-state index is 0.0986. The number of nitriles is 1. The summed E-state index contributed by atoms with van der Waals surface area (Å²) in [5.41, 5.74) is 6.09. The zero-order valence-electron chi connectivity index (χ0n) is 14.8. The summed E-state index contributed by atoms with van der Waals surface area (Å²) in [6.45, 7) is 1.18. The number of carbonyl (C=O) groups is 2. The first kappa shape index (κ1) is 20.1. The van der Waals surface area contributed by atoms with Crippen LogP contribution in [0.4, 0.5) is 5.00 Å². The molecule has 0 saturated heterocycles. The fourth-order valence-corrected chi connectivity index (χ4v) is 3.09. The maximum atomic E-state index is 12.0. The maximum absolute atomic E-state index is 12.0. The normalized spacial score (nSPS) is 9.96. The predicted molar refractivity (Wildman–Crippen MR) is 97.7 cm³/mol. The molecule has 142 valence electrons. The lowest BCUT2D eigenvalue weighted by Crippen LogP contribution is -2.16. The first-order valence-electron chi connectivity index (χ1n) is 7.91. The molecule has 1 aromatic heterocycles. The molecule has 0 aliphatic rings. The molecule has 0 aliphatic heterocycles. The minimum Gasteiger partial charge on any atom is -0.493 e. The van der Waals surface area contributed by atoms with Crippen LogP contribution in [0, 0.1) is 11.3 Å². The monoisotopic (exact) mass is 390 g/mol. The Morgan fingerprint density at radius 1 is 1.22 bits per heavy atom. The first-order valence-corrected chi connectivity index (χ1v) is 8.73. The van der Waals surface area contributed by atoms with Crippen molar-refractivity contribution in [2.75, 3.05) is 26.1 Å². The van der Waals surface area contributed by atoms with Crippen LogP contribution in [-0.4, -0.2) is 32.3 Å².